The highest BCUT2D eigenvalue weighted by molar-refractivity contribution is 6.03. The average molecular weight is 384 g/mol. The van der Waals surface area contributed by atoms with Gasteiger partial charge in [-0.25, -0.2) is 4.79 Å². The zero-order valence-electron chi connectivity index (χ0n) is 16.7. The molecule has 1 aromatic carbocycles. The third-order valence-electron chi connectivity index (χ3n) is 5.90. The van der Waals surface area contributed by atoms with Crippen LogP contribution in [0.1, 0.15) is 35.7 Å². The predicted octanol–water partition coefficient (Wildman–Crippen LogP) is 1.19. The molecule has 0 saturated carbocycles. The molecule has 0 radical (unpaired) electrons. The Morgan fingerprint density at radius 1 is 1.11 bits per heavy atom. The molecule has 2 N–H and O–H groups in total. The third kappa shape index (κ3) is 3.80. The minimum atomic E-state index is -0.628. The van der Waals surface area contributed by atoms with Crippen LogP contribution < -0.4 is 17.0 Å². The van der Waals surface area contributed by atoms with E-state index in [1.807, 2.05) is 13.0 Å². The van der Waals surface area contributed by atoms with Crippen molar-refractivity contribution in [3.8, 4) is 0 Å². The number of aromatic nitrogens is 2. The summed E-state index contributed by atoms with van der Waals surface area (Å²) in [6.07, 6.45) is 3.06. The summed E-state index contributed by atoms with van der Waals surface area (Å²) in [7, 11) is 2.83. The van der Waals surface area contributed by atoms with Gasteiger partial charge >= 0.3 is 5.69 Å². The lowest BCUT2D eigenvalue weighted by Crippen LogP contribution is -2.48. The number of carbonyl (C=O) groups is 1. The molecule has 1 aliphatic rings. The van der Waals surface area contributed by atoms with E-state index in [1.165, 1.54) is 19.7 Å². The van der Waals surface area contributed by atoms with Crippen LogP contribution in [0.5, 0.6) is 0 Å². The smallest absolute Gasteiger partial charge is 0.332 e. The molecule has 1 atom stereocenters. The molecule has 1 aromatic heterocycles. The molecule has 28 heavy (non-hydrogen) atoms. The zero-order valence-corrected chi connectivity index (χ0v) is 16.7. The molecule has 1 saturated heterocycles. The maximum Gasteiger partial charge on any atom is 0.332 e. The summed E-state index contributed by atoms with van der Waals surface area (Å²) >= 11 is 0. The number of nitrogen functional groups attached to an aromatic ring is 1. The summed E-state index contributed by atoms with van der Waals surface area (Å²) in [4.78, 5) is 39.6. The van der Waals surface area contributed by atoms with Crippen molar-refractivity contribution in [1.82, 2.24) is 14.0 Å². The number of hydrogen-bond acceptors (Lipinski definition) is 5. The quantitative estimate of drug-likeness (QED) is 0.782. The standard InChI is InChI=1S/C21H28N4O3/c1-14(18(26)17-19(22)23(2)21(28)24(3)20(17)27)25-11-9-16(10-12-25)13-15-7-5-4-6-8-15/h4-8,14,16H,9-13,22H2,1-3H3. The Hall–Kier alpha value is -2.67. The largest absolute Gasteiger partial charge is 0.384 e. The van der Waals surface area contributed by atoms with Crippen molar-refractivity contribution in [3.63, 3.8) is 0 Å². The molecular formula is C21H28N4O3. The van der Waals surface area contributed by atoms with Gasteiger partial charge in [-0.2, -0.15) is 0 Å². The van der Waals surface area contributed by atoms with Gasteiger partial charge in [0, 0.05) is 14.1 Å². The van der Waals surface area contributed by atoms with Gasteiger partial charge in [-0.1, -0.05) is 30.3 Å². The van der Waals surface area contributed by atoms with Gasteiger partial charge in [0.1, 0.15) is 11.4 Å². The molecule has 0 bridgehead atoms. The number of anilines is 1. The first-order valence-electron chi connectivity index (χ1n) is 9.69. The van der Waals surface area contributed by atoms with Crippen LogP contribution in [-0.4, -0.2) is 38.9 Å². The Labute approximate surface area is 164 Å². The topological polar surface area (TPSA) is 90.3 Å². The molecule has 2 aromatic rings. The van der Waals surface area contributed by atoms with Gasteiger partial charge in [0.2, 0.25) is 0 Å². The second-order valence-corrected chi connectivity index (χ2v) is 7.68. The van der Waals surface area contributed by atoms with E-state index in [-0.39, 0.29) is 17.2 Å². The molecule has 0 aliphatic carbocycles. The van der Waals surface area contributed by atoms with Crippen LogP contribution in [0.25, 0.3) is 0 Å². The number of Topliss-reactive ketones (excluding diaryl/α,β-unsaturated/α-hetero) is 1. The van der Waals surface area contributed by atoms with E-state index in [4.69, 9.17) is 5.73 Å². The Bertz CT molecular complexity index is 970. The summed E-state index contributed by atoms with van der Waals surface area (Å²) in [5, 5.41) is 0. The van der Waals surface area contributed by atoms with E-state index in [9.17, 15) is 14.4 Å². The molecule has 1 fully saturated rings. The van der Waals surface area contributed by atoms with Crippen molar-refractivity contribution < 1.29 is 4.79 Å². The van der Waals surface area contributed by atoms with Crippen LogP contribution in [0.4, 0.5) is 5.82 Å². The van der Waals surface area contributed by atoms with E-state index in [0.717, 1.165) is 41.5 Å². The van der Waals surface area contributed by atoms with Crippen molar-refractivity contribution in [2.75, 3.05) is 18.8 Å². The number of hydrogen-bond donors (Lipinski definition) is 1. The molecule has 0 amide bonds. The van der Waals surface area contributed by atoms with Crippen LogP contribution >= 0.6 is 0 Å². The van der Waals surface area contributed by atoms with Crippen molar-refractivity contribution in [2.45, 2.75) is 32.2 Å². The van der Waals surface area contributed by atoms with E-state index in [0.29, 0.717) is 5.92 Å². The summed E-state index contributed by atoms with van der Waals surface area (Å²) in [5.74, 6) is 0.204. The fourth-order valence-electron chi connectivity index (χ4n) is 3.96. The van der Waals surface area contributed by atoms with E-state index in [1.54, 1.807) is 0 Å². The molecule has 3 rings (SSSR count). The fraction of sp³-hybridized carbons (Fsp3) is 0.476. The second-order valence-electron chi connectivity index (χ2n) is 7.68. The molecule has 1 aliphatic heterocycles. The van der Waals surface area contributed by atoms with Gasteiger partial charge in [0.15, 0.2) is 5.78 Å². The lowest BCUT2D eigenvalue weighted by molar-refractivity contribution is 0.0769. The monoisotopic (exact) mass is 384 g/mol. The lowest BCUT2D eigenvalue weighted by Gasteiger charge is -2.35. The molecule has 0 spiro atoms. The number of benzene rings is 1. The van der Waals surface area contributed by atoms with Gasteiger partial charge in [0.05, 0.1) is 6.04 Å². The van der Waals surface area contributed by atoms with Crippen LogP contribution in [0.15, 0.2) is 39.9 Å². The maximum absolute atomic E-state index is 13.0. The Kier molecular flexibility index (Phi) is 5.84. The Balaban J connectivity index is 1.71. The van der Waals surface area contributed by atoms with Crippen molar-refractivity contribution in [1.29, 1.82) is 0 Å². The minimum Gasteiger partial charge on any atom is -0.384 e. The fourth-order valence-corrected chi connectivity index (χ4v) is 3.96. The first kappa shape index (κ1) is 20.1. The van der Waals surface area contributed by atoms with E-state index >= 15 is 0 Å². The highest BCUT2D eigenvalue weighted by Gasteiger charge is 2.31. The average Bonchev–Trinajstić information content (AvgIpc) is 2.71. The lowest BCUT2D eigenvalue weighted by atomic mass is 9.89. The van der Waals surface area contributed by atoms with Gasteiger partial charge < -0.3 is 5.73 Å². The molecule has 150 valence electrons. The summed E-state index contributed by atoms with van der Waals surface area (Å²) in [6.45, 7) is 3.41. The summed E-state index contributed by atoms with van der Waals surface area (Å²) in [6, 6.07) is 9.99. The van der Waals surface area contributed by atoms with Crippen molar-refractivity contribution in [3.05, 3.63) is 62.3 Å². The highest BCUT2D eigenvalue weighted by atomic mass is 16.2. The maximum atomic E-state index is 13.0. The third-order valence-corrected chi connectivity index (χ3v) is 5.90. The first-order chi connectivity index (χ1) is 13.3. The second kappa shape index (κ2) is 8.14. The van der Waals surface area contributed by atoms with Crippen molar-refractivity contribution in [2.24, 2.45) is 20.0 Å². The number of rotatable bonds is 5. The number of likely N-dealkylation sites (tertiary alicyclic amines) is 1. The van der Waals surface area contributed by atoms with Gasteiger partial charge in [-0.3, -0.25) is 23.6 Å². The molecular weight excluding hydrogens is 356 g/mol. The molecule has 2 heterocycles. The van der Waals surface area contributed by atoms with Gasteiger partial charge in [-0.05, 0) is 50.8 Å². The molecule has 7 nitrogen and oxygen atoms in total. The number of ketones is 1. The van der Waals surface area contributed by atoms with Crippen molar-refractivity contribution >= 4 is 11.6 Å². The summed E-state index contributed by atoms with van der Waals surface area (Å²) < 4.78 is 2.08. The first-order valence-corrected chi connectivity index (χ1v) is 9.69. The van der Waals surface area contributed by atoms with Crippen LogP contribution in [0, 0.1) is 5.92 Å². The van der Waals surface area contributed by atoms with Gasteiger partial charge in [-0.15, -0.1) is 0 Å². The number of carbonyl (C=O) groups excluding carboxylic acids is 1. The number of piperidine rings is 1. The number of nitrogens with zero attached hydrogens (tertiary/aromatic N) is 3. The summed E-state index contributed by atoms with van der Waals surface area (Å²) in [5.41, 5.74) is 6.02. The minimum absolute atomic E-state index is 0.0658. The normalized spacial score (nSPS) is 16.8. The predicted molar refractivity (Wildman–Crippen MR) is 110 cm³/mol. The van der Waals surface area contributed by atoms with Crippen LogP contribution in [0.3, 0.4) is 0 Å². The highest BCUT2D eigenvalue weighted by Crippen LogP contribution is 2.24. The number of nitrogens with two attached hydrogens (primary N) is 1. The zero-order chi connectivity index (χ0) is 20.4. The Morgan fingerprint density at radius 2 is 1.71 bits per heavy atom. The van der Waals surface area contributed by atoms with Crippen LogP contribution in [0.2, 0.25) is 0 Å². The van der Waals surface area contributed by atoms with E-state index < -0.39 is 17.3 Å². The SMILES string of the molecule is CC(C(=O)c1c(N)n(C)c(=O)n(C)c1=O)N1CCC(Cc2ccccc2)CC1. The Morgan fingerprint density at radius 3 is 2.32 bits per heavy atom. The van der Waals surface area contributed by atoms with Gasteiger partial charge in [0.25, 0.3) is 5.56 Å². The van der Waals surface area contributed by atoms with E-state index in [2.05, 4.69) is 29.2 Å². The van der Waals surface area contributed by atoms with Crippen LogP contribution in [-0.2, 0) is 20.5 Å². The molecule has 7 heteroatoms. The molecule has 1 unspecified atom stereocenters.